The van der Waals surface area contributed by atoms with Crippen molar-refractivity contribution in [2.75, 3.05) is 13.2 Å². The van der Waals surface area contributed by atoms with Crippen molar-refractivity contribution in [1.29, 1.82) is 0 Å². The molecule has 0 fully saturated rings. The molecule has 2 rings (SSSR count). The number of Topliss-reactive ketones (excluding diaryl/α,β-unsaturated/α-hetero) is 1. The molecule has 2 N–H and O–H groups in total. The van der Waals surface area contributed by atoms with Gasteiger partial charge in [0, 0.05) is 12.0 Å². The lowest BCUT2D eigenvalue weighted by Gasteiger charge is -2.08. The van der Waals surface area contributed by atoms with E-state index in [9.17, 15) is 19.2 Å². The second-order valence-corrected chi connectivity index (χ2v) is 7.59. The molecule has 2 amide bonds. The second-order valence-electron chi connectivity index (χ2n) is 6.64. The summed E-state index contributed by atoms with van der Waals surface area (Å²) in [6.45, 7) is 2.21. The number of carbonyl (C=O) groups is 4. The molecule has 0 radical (unpaired) electrons. The maximum Gasteiger partial charge on any atom is 0.306 e. The zero-order valence-electron chi connectivity index (χ0n) is 17.3. The number of ketones is 1. The summed E-state index contributed by atoms with van der Waals surface area (Å²) in [5.41, 5.74) is 4.85. The van der Waals surface area contributed by atoms with E-state index >= 15 is 0 Å². The van der Waals surface area contributed by atoms with Crippen LogP contribution in [0.3, 0.4) is 0 Å². The number of thiophene rings is 1. The molecule has 2 aromatic rings. The summed E-state index contributed by atoms with van der Waals surface area (Å²) in [7, 11) is 0. The van der Waals surface area contributed by atoms with E-state index in [1.807, 2.05) is 0 Å². The lowest BCUT2D eigenvalue weighted by atomic mass is 10.1. The van der Waals surface area contributed by atoms with Gasteiger partial charge in [-0.15, -0.1) is 11.3 Å². The quantitative estimate of drug-likeness (QED) is 0.224. The van der Waals surface area contributed by atoms with Gasteiger partial charge in [-0.05, 0) is 42.1 Å². The zero-order chi connectivity index (χ0) is 22.5. The van der Waals surface area contributed by atoms with Crippen molar-refractivity contribution in [3.05, 3.63) is 52.2 Å². The standard InChI is InChI=1S/C22H26N2O6S/c1-2-3-4-13-29-17-9-7-16(8-10-17)18(25)11-12-21(27)30-15-20(26)23-24-22(28)19-6-5-14-31-19/h5-10,14H,2-4,11-13,15H2,1H3,(H,23,26)(H,24,28). The highest BCUT2D eigenvalue weighted by Gasteiger charge is 2.13. The minimum Gasteiger partial charge on any atom is -0.494 e. The van der Waals surface area contributed by atoms with Crippen LogP contribution in [0.2, 0.25) is 0 Å². The van der Waals surface area contributed by atoms with Gasteiger partial charge in [-0.1, -0.05) is 25.8 Å². The van der Waals surface area contributed by atoms with E-state index in [0.717, 1.165) is 19.3 Å². The van der Waals surface area contributed by atoms with Crippen LogP contribution in [0, 0.1) is 0 Å². The molecule has 31 heavy (non-hydrogen) atoms. The van der Waals surface area contributed by atoms with Gasteiger partial charge in [-0.2, -0.15) is 0 Å². The van der Waals surface area contributed by atoms with Crippen LogP contribution in [-0.2, 0) is 14.3 Å². The maximum atomic E-state index is 12.2. The fourth-order valence-corrected chi connectivity index (χ4v) is 3.11. The molecule has 166 valence electrons. The Morgan fingerprint density at radius 2 is 1.74 bits per heavy atom. The summed E-state index contributed by atoms with van der Waals surface area (Å²) in [5.74, 6) is -1.33. The molecule has 0 aliphatic carbocycles. The largest absolute Gasteiger partial charge is 0.494 e. The van der Waals surface area contributed by atoms with Crippen molar-refractivity contribution in [1.82, 2.24) is 10.9 Å². The van der Waals surface area contributed by atoms with Crippen LogP contribution in [0.25, 0.3) is 0 Å². The Morgan fingerprint density at radius 3 is 2.42 bits per heavy atom. The first-order valence-electron chi connectivity index (χ1n) is 10.0. The molecule has 0 atom stereocenters. The minimum absolute atomic E-state index is 0.0354. The molecule has 0 aliphatic heterocycles. The van der Waals surface area contributed by atoms with Gasteiger partial charge < -0.3 is 9.47 Å². The smallest absolute Gasteiger partial charge is 0.306 e. The Bertz CT molecular complexity index is 865. The number of carbonyl (C=O) groups excluding carboxylic acids is 4. The second kappa shape index (κ2) is 13.2. The number of hydrazine groups is 1. The van der Waals surface area contributed by atoms with Gasteiger partial charge in [0.15, 0.2) is 12.4 Å². The van der Waals surface area contributed by atoms with E-state index in [1.54, 1.807) is 41.8 Å². The number of benzene rings is 1. The number of hydrogen-bond donors (Lipinski definition) is 2. The van der Waals surface area contributed by atoms with Crippen LogP contribution in [0.4, 0.5) is 0 Å². The topological polar surface area (TPSA) is 111 Å². The molecule has 0 aliphatic rings. The first-order chi connectivity index (χ1) is 15.0. The Hall–Kier alpha value is -3.20. The van der Waals surface area contributed by atoms with Crippen molar-refractivity contribution in [2.24, 2.45) is 0 Å². The molecule has 1 aromatic heterocycles. The van der Waals surface area contributed by atoms with Gasteiger partial charge in [-0.3, -0.25) is 30.0 Å². The molecular formula is C22H26N2O6S. The number of unbranched alkanes of at least 4 members (excludes halogenated alkanes) is 2. The molecule has 8 nitrogen and oxygen atoms in total. The van der Waals surface area contributed by atoms with Crippen molar-refractivity contribution >= 4 is 34.9 Å². The number of hydrogen-bond acceptors (Lipinski definition) is 7. The summed E-state index contributed by atoms with van der Waals surface area (Å²) < 4.78 is 10.4. The number of nitrogens with one attached hydrogen (secondary N) is 2. The average Bonchev–Trinajstić information content (AvgIpc) is 3.33. The first-order valence-corrected chi connectivity index (χ1v) is 10.9. The Kier molecular flexibility index (Phi) is 10.2. The molecule has 1 aromatic carbocycles. The highest BCUT2D eigenvalue weighted by molar-refractivity contribution is 7.12. The number of amides is 2. The van der Waals surface area contributed by atoms with E-state index in [4.69, 9.17) is 9.47 Å². The van der Waals surface area contributed by atoms with E-state index in [-0.39, 0.29) is 18.6 Å². The van der Waals surface area contributed by atoms with E-state index in [1.165, 1.54) is 11.3 Å². The predicted octanol–water partition coefficient (Wildman–Crippen LogP) is 3.28. The third-order valence-corrected chi connectivity index (χ3v) is 5.04. The molecule has 0 spiro atoms. The molecule has 0 bridgehead atoms. The highest BCUT2D eigenvalue weighted by Crippen LogP contribution is 2.15. The van der Waals surface area contributed by atoms with Gasteiger partial charge in [0.2, 0.25) is 0 Å². The average molecular weight is 447 g/mol. The van der Waals surface area contributed by atoms with E-state index in [0.29, 0.717) is 22.8 Å². The monoisotopic (exact) mass is 446 g/mol. The van der Waals surface area contributed by atoms with Crippen LogP contribution in [0.1, 0.15) is 59.1 Å². The highest BCUT2D eigenvalue weighted by atomic mass is 32.1. The van der Waals surface area contributed by atoms with E-state index < -0.39 is 24.4 Å². The lowest BCUT2D eigenvalue weighted by molar-refractivity contribution is -0.148. The van der Waals surface area contributed by atoms with Crippen LogP contribution < -0.4 is 15.6 Å². The summed E-state index contributed by atoms with van der Waals surface area (Å²) >= 11 is 1.23. The van der Waals surface area contributed by atoms with Crippen molar-refractivity contribution in [2.45, 2.75) is 39.0 Å². The van der Waals surface area contributed by atoms with Crippen LogP contribution in [-0.4, -0.2) is 36.8 Å². The Labute approximate surface area is 184 Å². The predicted molar refractivity (Wildman–Crippen MR) is 116 cm³/mol. The number of rotatable bonds is 12. The number of ether oxygens (including phenoxy) is 2. The lowest BCUT2D eigenvalue weighted by Crippen LogP contribution is -2.43. The van der Waals surface area contributed by atoms with Crippen LogP contribution in [0.5, 0.6) is 5.75 Å². The number of esters is 1. The Balaban J connectivity index is 1.63. The summed E-state index contributed by atoms with van der Waals surface area (Å²) in [4.78, 5) is 47.8. The third kappa shape index (κ3) is 9.00. The van der Waals surface area contributed by atoms with E-state index in [2.05, 4.69) is 17.8 Å². The fourth-order valence-electron chi connectivity index (χ4n) is 2.49. The molecular weight excluding hydrogens is 420 g/mol. The third-order valence-electron chi connectivity index (χ3n) is 4.17. The minimum atomic E-state index is -0.681. The molecule has 9 heteroatoms. The van der Waals surface area contributed by atoms with Crippen molar-refractivity contribution in [3.8, 4) is 5.75 Å². The zero-order valence-corrected chi connectivity index (χ0v) is 18.2. The van der Waals surface area contributed by atoms with Crippen LogP contribution >= 0.6 is 11.3 Å². The van der Waals surface area contributed by atoms with Gasteiger partial charge in [0.05, 0.1) is 17.9 Å². The van der Waals surface area contributed by atoms with Gasteiger partial charge >= 0.3 is 5.97 Å². The maximum absolute atomic E-state index is 12.2. The molecule has 1 heterocycles. The van der Waals surface area contributed by atoms with Gasteiger partial charge in [-0.25, -0.2) is 0 Å². The summed E-state index contributed by atoms with van der Waals surface area (Å²) in [6.07, 6.45) is 3.03. The molecule has 0 saturated carbocycles. The first kappa shape index (κ1) is 24.1. The fraction of sp³-hybridized carbons (Fsp3) is 0.364. The van der Waals surface area contributed by atoms with Crippen molar-refractivity contribution < 1.29 is 28.7 Å². The van der Waals surface area contributed by atoms with Gasteiger partial charge in [0.25, 0.3) is 11.8 Å². The normalized spacial score (nSPS) is 10.2. The van der Waals surface area contributed by atoms with Gasteiger partial charge in [0.1, 0.15) is 5.75 Å². The summed E-state index contributed by atoms with van der Waals surface area (Å²) in [6, 6.07) is 10.1. The van der Waals surface area contributed by atoms with Crippen molar-refractivity contribution in [3.63, 3.8) is 0 Å². The SMILES string of the molecule is CCCCCOc1ccc(C(=O)CCC(=O)OCC(=O)NNC(=O)c2cccs2)cc1. The summed E-state index contributed by atoms with van der Waals surface area (Å²) in [5, 5.41) is 1.73. The van der Waals surface area contributed by atoms with Crippen LogP contribution in [0.15, 0.2) is 41.8 Å². The molecule has 0 saturated heterocycles. The Morgan fingerprint density at radius 1 is 0.968 bits per heavy atom. The molecule has 0 unspecified atom stereocenters.